The number of thioether (sulfide) groups is 1. The van der Waals surface area contributed by atoms with Crippen molar-refractivity contribution in [2.75, 3.05) is 5.75 Å². The highest BCUT2D eigenvalue weighted by molar-refractivity contribution is 7.99. The van der Waals surface area contributed by atoms with Gasteiger partial charge in [-0.25, -0.2) is 0 Å². The van der Waals surface area contributed by atoms with Gasteiger partial charge in [-0.2, -0.15) is 0 Å². The fraction of sp³-hybridized carbons (Fsp3) is 0.526. The Bertz CT molecular complexity index is 534. The molecule has 2 N–H and O–H groups in total. The maximum Gasteiger partial charge on any atom is 0.248 e. The number of benzene rings is 1. The zero-order valence-electron chi connectivity index (χ0n) is 14.4. The molecule has 0 aliphatic heterocycles. The largest absolute Gasteiger partial charge is 0.303 e. The third kappa shape index (κ3) is 6.30. The minimum Gasteiger partial charge on any atom is -0.303 e. The van der Waals surface area contributed by atoms with Gasteiger partial charge in [-0.3, -0.25) is 10.2 Å². The van der Waals surface area contributed by atoms with Gasteiger partial charge in [0, 0.05) is 11.4 Å². The molecule has 1 aliphatic carbocycles. The number of amides is 1. The van der Waals surface area contributed by atoms with Crippen LogP contribution >= 0.6 is 11.8 Å². The van der Waals surface area contributed by atoms with E-state index in [1.54, 1.807) is 11.8 Å². The summed E-state index contributed by atoms with van der Waals surface area (Å²) in [6, 6.07) is 10.2. The lowest BCUT2D eigenvalue weighted by Gasteiger charge is -2.33. The maximum atomic E-state index is 11.9. The lowest BCUT2D eigenvalue weighted by Crippen LogP contribution is -2.39. The van der Waals surface area contributed by atoms with E-state index < -0.39 is 0 Å². The van der Waals surface area contributed by atoms with E-state index in [1.165, 1.54) is 12.0 Å². The van der Waals surface area contributed by atoms with Crippen LogP contribution in [-0.4, -0.2) is 11.7 Å². The third-order valence-corrected chi connectivity index (χ3v) is 5.35. The van der Waals surface area contributed by atoms with Gasteiger partial charge in [0.05, 0.1) is 5.75 Å². The van der Waals surface area contributed by atoms with Gasteiger partial charge >= 0.3 is 0 Å². The summed E-state index contributed by atoms with van der Waals surface area (Å²) in [7, 11) is 0. The standard InChI is InChI=1S/C19H28N2OS/c1-19(2,3)16-9-11-17(12-10-16)20-21-18(22)14-23-13-15-7-5-4-6-8-15/h4-8,11,16,20H,9-10,12-14H2,1-3H3,(H,21,22). The molecule has 0 aromatic heterocycles. The Morgan fingerprint density at radius 1 is 1.26 bits per heavy atom. The van der Waals surface area contributed by atoms with Crippen LogP contribution in [0.4, 0.5) is 0 Å². The molecule has 1 unspecified atom stereocenters. The Hall–Kier alpha value is -1.42. The van der Waals surface area contributed by atoms with Crippen molar-refractivity contribution in [1.82, 2.24) is 10.9 Å². The summed E-state index contributed by atoms with van der Waals surface area (Å²) < 4.78 is 0. The molecular weight excluding hydrogens is 304 g/mol. The van der Waals surface area contributed by atoms with Gasteiger partial charge in [-0.1, -0.05) is 57.2 Å². The van der Waals surface area contributed by atoms with Crippen molar-refractivity contribution in [3.8, 4) is 0 Å². The number of carbonyl (C=O) groups is 1. The summed E-state index contributed by atoms with van der Waals surface area (Å²) in [4.78, 5) is 11.9. The quantitative estimate of drug-likeness (QED) is 0.764. The Morgan fingerprint density at radius 3 is 2.61 bits per heavy atom. The van der Waals surface area contributed by atoms with Gasteiger partial charge in [0.25, 0.3) is 0 Å². The summed E-state index contributed by atoms with van der Waals surface area (Å²) in [5, 5.41) is 0. The number of hydrogen-bond donors (Lipinski definition) is 2. The van der Waals surface area contributed by atoms with Crippen LogP contribution in [0.25, 0.3) is 0 Å². The van der Waals surface area contributed by atoms with Crippen molar-refractivity contribution in [3.63, 3.8) is 0 Å². The van der Waals surface area contributed by atoms with Crippen molar-refractivity contribution in [2.24, 2.45) is 11.3 Å². The fourth-order valence-electron chi connectivity index (χ4n) is 2.76. The maximum absolute atomic E-state index is 11.9. The van der Waals surface area contributed by atoms with E-state index in [9.17, 15) is 4.79 Å². The highest BCUT2D eigenvalue weighted by Gasteiger charge is 2.26. The van der Waals surface area contributed by atoms with Crippen LogP contribution in [0.3, 0.4) is 0 Å². The van der Waals surface area contributed by atoms with Crippen molar-refractivity contribution >= 4 is 17.7 Å². The lowest BCUT2D eigenvalue weighted by atomic mass is 9.74. The van der Waals surface area contributed by atoms with Crippen LogP contribution in [0, 0.1) is 11.3 Å². The molecule has 23 heavy (non-hydrogen) atoms. The van der Waals surface area contributed by atoms with Crippen molar-refractivity contribution in [1.29, 1.82) is 0 Å². The highest BCUT2D eigenvalue weighted by atomic mass is 32.2. The molecule has 0 heterocycles. The summed E-state index contributed by atoms with van der Waals surface area (Å²) in [6.45, 7) is 6.90. The molecule has 0 fully saturated rings. The molecule has 2 rings (SSSR count). The Morgan fingerprint density at radius 2 is 2.00 bits per heavy atom. The lowest BCUT2D eigenvalue weighted by molar-refractivity contribution is -0.119. The molecule has 0 radical (unpaired) electrons. The van der Waals surface area contributed by atoms with Crippen LogP contribution < -0.4 is 10.9 Å². The van der Waals surface area contributed by atoms with E-state index in [-0.39, 0.29) is 5.91 Å². The van der Waals surface area contributed by atoms with Gasteiger partial charge in [-0.05, 0) is 36.2 Å². The SMILES string of the molecule is CC(C)(C)C1CC=C(NNC(=O)CSCc2ccccc2)CC1. The first-order valence-electron chi connectivity index (χ1n) is 8.30. The first kappa shape index (κ1) is 17.9. The second-order valence-corrected chi connectivity index (χ2v) is 8.20. The fourth-order valence-corrected chi connectivity index (χ4v) is 3.54. The summed E-state index contributed by atoms with van der Waals surface area (Å²) in [5.74, 6) is 2.10. The minimum atomic E-state index is 0.0322. The molecule has 126 valence electrons. The van der Waals surface area contributed by atoms with E-state index in [0.29, 0.717) is 11.2 Å². The zero-order valence-corrected chi connectivity index (χ0v) is 15.2. The molecule has 0 saturated heterocycles. The number of hydrazine groups is 1. The molecule has 0 spiro atoms. The van der Waals surface area contributed by atoms with E-state index in [0.717, 1.165) is 30.2 Å². The van der Waals surface area contributed by atoms with Crippen LogP contribution in [0.5, 0.6) is 0 Å². The van der Waals surface area contributed by atoms with Gasteiger partial charge in [0.1, 0.15) is 0 Å². The molecule has 0 bridgehead atoms. The summed E-state index contributed by atoms with van der Waals surface area (Å²) in [6.07, 6.45) is 5.52. The average Bonchev–Trinajstić information content (AvgIpc) is 2.53. The van der Waals surface area contributed by atoms with E-state index in [2.05, 4.69) is 49.8 Å². The predicted octanol–water partition coefficient (Wildman–Crippen LogP) is 4.27. The van der Waals surface area contributed by atoms with Crippen LogP contribution in [0.2, 0.25) is 0 Å². The van der Waals surface area contributed by atoms with Crippen LogP contribution in [0.15, 0.2) is 42.1 Å². The number of hydrogen-bond acceptors (Lipinski definition) is 3. The van der Waals surface area contributed by atoms with Crippen molar-refractivity contribution in [3.05, 3.63) is 47.7 Å². The smallest absolute Gasteiger partial charge is 0.248 e. The average molecular weight is 333 g/mol. The Labute approximate surface area is 144 Å². The van der Waals surface area contributed by atoms with Crippen molar-refractivity contribution < 1.29 is 4.79 Å². The Kier molecular flexibility index (Phi) is 6.58. The first-order valence-corrected chi connectivity index (χ1v) is 9.46. The number of nitrogens with one attached hydrogen (secondary N) is 2. The molecule has 0 saturated carbocycles. The molecule has 1 atom stereocenters. The molecule has 4 heteroatoms. The molecule has 3 nitrogen and oxygen atoms in total. The normalized spacial score (nSPS) is 18.2. The first-order chi connectivity index (χ1) is 10.9. The van der Waals surface area contributed by atoms with E-state index >= 15 is 0 Å². The Balaban J connectivity index is 1.64. The second-order valence-electron chi connectivity index (χ2n) is 7.22. The monoisotopic (exact) mass is 332 g/mol. The van der Waals surface area contributed by atoms with Crippen molar-refractivity contribution in [2.45, 2.75) is 45.8 Å². The second kappa shape index (κ2) is 8.44. The van der Waals surface area contributed by atoms with Gasteiger partial charge in [0.2, 0.25) is 5.91 Å². The van der Waals surface area contributed by atoms with Gasteiger partial charge in [-0.15, -0.1) is 11.8 Å². The summed E-state index contributed by atoms with van der Waals surface area (Å²) >= 11 is 1.63. The number of allylic oxidation sites excluding steroid dienone is 2. The van der Waals surface area contributed by atoms with Crippen LogP contribution in [-0.2, 0) is 10.5 Å². The molecule has 1 amide bonds. The molecule has 1 aliphatic rings. The van der Waals surface area contributed by atoms with Crippen LogP contribution in [0.1, 0.15) is 45.6 Å². The molecule has 1 aromatic rings. The number of rotatable bonds is 6. The summed E-state index contributed by atoms with van der Waals surface area (Å²) in [5.41, 5.74) is 8.66. The topological polar surface area (TPSA) is 41.1 Å². The number of carbonyl (C=O) groups excluding carboxylic acids is 1. The van der Waals surface area contributed by atoms with Gasteiger partial charge in [0.15, 0.2) is 0 Å². The highest BCUT2D eigenvalue weighted by Crippen LogP contribution is 2.36. The zero-order chi connectivity index (χ0) is 16.7. The van der Waals surface area contributed by atoms with E-state index in [1.807, 2.05) is 18.2 Å². The predicted molar refractivity (Wildman–Crippen MR) is 98.8 cm³/mol. The van der Waals surface area contributed by atoms with E-state index in [4.69, 9.17) is 0 Å². The third-order valence-electron chi connectivity index (χ3n) is 4.34. The van der Waals surface area contributed by atoms with Gasteiger partial charge < -0.3 is 5.43 Å². The molecular formula is C19H28N2OS. The minimum absolute atomic E-state index is 0.0322. The molecule has 1 aromatic carbocycles.